The zero-order valence-electron chi connectivity index (χ0n) is 30.8. The van der Waals surface area contributed by atoms with Crippen molar-refractivity contribution in [2.45, 2.75) is 219 Å². The zero-order chi connectivity index (χ0) is 33.6. The number of hydrogen-bond donors (Lipinski definition) is 3. The van der Waals surface area contributed by atoms with Crippen LogP contribution in [0.5, 0.6) is 0 Å². The molecule has 0 aliphatic heterocycles. The number of unbranched alkanes of at least 4 members (excludes halogenated alkanes) is 25. The second kappa shape index (κ2) is 38.1. The number of carbonyl (C=O) groups is 1. The lowest BCUT2D eigenvalue weighted by atomic mass is 10.0. The minimum absolute atomic E-state index is 0.0788. The molecule has 0 heterocycles. The zero-order valence-corrected chi connectivity index (χ0v) is 30.8. The van der Waals surface area contributed by atoms with Crippen molar-refractivity contribution in [3.63, 3.8) is 0 Å². The second-order valence-corrected chi connectivity index (χ2v) is 13.7. The predicted molar refractivity (Wildman–Crippen MR) is 202 cm³/mol. The van der Waals surface area contributed by atoms with Crippen LogP contribution in [-0.4, -0.2) is 34.9 Å². The van der Waals surface area contributed by atoms with E-state index in [1.807, 2.05) is 6.08 Å². The quantitative estimate of drug-likeness (QED) is 0.0469. The molecule has 0 aliphatic rings. The molecule has 0 aromatic carbocycles. The van der Waals surface area contributed by atoms with Crippen molar-refractivity contribution in [2.24, 2.45) is 0 Å². The van der Waals surface area contributed by atoms with E-state index in [1.54, 1.807) is 6.08 Å². The molecule has 46 heavy (non-hydrogen) atoms. The van der Waals surface area contributed by atoms with Crippen LogP contribution >= 0.6 is 0 Å². The minimum Gasteiger partial charge on any atom is -0.394 e. The first-order valence-corrected chi connectivity index (χ1v) is 20.2. The van der Waals surface area contributed by atoms with Crippen molar-refractivity contribution in [1.29, 1.82) is 0 Å². The monoisotopic (exact) mass is 646 g/mol. The Bertz CT molecular complexity index is 701. The molecule has 4 heteroatoms. The summed E-state index contributed by atoms with van der Waals surface area (Å²) in [4.78, 5) is 12.3. The average molecular weight is 646 g/mol. The third-order valence-electron chi connectivity index (χ3n) is 9.12. The lowest BCUT2D eigenvalue weighted by molar-refractivity contribution is -0.123. The molecule has 0 saturated carbocycles. The van der Waals surface area contributed by atoms with Gasteiger partial charge >= 0.3 is 0 Å². The maximum Gasteiger partial charge on any atom is 0.220 e. The molecule has 0 bridgehead atoms. The molecular formula is C42H79NO3. The van der Waals surface area contributed by atoms with Gasteiger partial charge in [-0.3, -0.25) is 4.79 Å². The second-order valence-electron chi connectivity index (χ2n) is 13.7. The van der Waals surface area contributed by atoms with E-state index >= 15 is 0 Å². The predicted octanol–water partition coefficient (Wildman–Crippen LogP) is 12.2. The minimum atomic E-state index is -0.843. The Hall–Kier alpha value is -1.39. The number of allylic oxidation sites excluding steroid dienone is 5. The number of hydrogen-bond acceptors (Lipinski definition) is 3. The molecule has 2 atom stereocenters. The smallest absolute Gasteiger partial charge is 0.220 e. The maximum absolute atomic E-state index is 12.3. The fourth-order valence-corrected chi connectivity index (χ4v) is 5.96. The first kappa shape index (κ1) is 44.6. The molecule has 0 spiro atoms. The van der Waals surface area contributed by atoms with Crippen LogP contribution in [0.1, 0.15) is 206 Å². The highest BCUT2D eigenvalue weighted by Gasteiger charge is 2.17. The molecule has 1 amide bonds. The van der Waals surface area contributed by atoms with Crippen LogP contribution in [0.3, 0.4) is 0 Å². The van der Waals surface area contributed by atoms with E-state index < -0.39 is 12.1 Å². The van der Waals surface area contributed by atoms with Crippen LogP contribution in [0, 0.1) is 0 Å². The Morgan fingerprint density at radius 3 is 1.37 bits per heavy atom. The summed E-state index contributed by atoms with van der Waals surface area (Å²) in [6, 6.07) is -0.627. The van der Waals surface area contributed by atoms with Crippen LogP contribution in [0.4, 0.5) is 0 Å². The van der Waals surface area contributed by atoms with Crippen LogP contribution < -0.4 is 5.32 Å². The van der Waals surface area contributed by atoms with Gasteiger partial charge in [-0.15, -0.1) is 0 Å². The van der Waals surface area contributed by atoms with Crippen molar-refractivity contribution < 1.29 is 15.0 Å². The van der Waals surface area contributed by atoms with Gasteiger partial charge in [-0.1, -0.05) is 192 Å². The maximum atomic E-state index is 12.3. The molecule has 0 aromatic rings. The van der Waals surface area contributed by atoms with Crippen LogP contribution in [-0.2, 0) is 4.79 Å². The Kier molecular flexibility index (Phi) is 36.9. The van der Waals surface area contributed by atoms with E-state index in [0.29, 0.717) is 6.42 Å². The Labute approximate surface area is 287 Å². The van der Waals surface area contributed by atoms with Crippen molar-refractivity contribution in [3.05, 3.63) is 36.5 Å². The first-order valence-electron chi connectivity index (χ1n) is 20.2. The van der Waals surface area contributed by atoms with Gasteiger partial charge in [0, 0.05) is 6.42 Å². The number of aliphatic hydroxyl groups is 2. The highest BCUT2D eigenvalue weighted by atomic mass is 16.3. The van der Waals surface area contributed by atoms with Crippen molar-refractivity contribution >= 4 is 5.91 Å². The summed E-state index contributed by atoms with van der Waals surface area (Å²) in [6.07, 6.45) is 49.5. The summed E-state index contributed by atoms with van der Waals surface area (Å²) in [5, 5.41) is 22.9. The lowest BCUT2D eigenvalue weighted by Gasteiger charge is -2.20. The van der Waals surface area contributed by atoms with Gasteiger partial charge in [-0.25, -0.2) is 0 Å². The van der Waals surface area contributed by atoms with Gasteiger partial charge < -0.3 is 15.5 Å². The molecule has 2 unspecified atom stereocenters. The van der Waals surface area contributed by atoms with Crippen LogP contribution in [0.25, 0.3) is 0 Å². The molecule has 0 radical (unpaired) electrons. The van der Waals surface area contributed by atoms with E-state index in [2.05, 4.69) is 43.5 Å². The van der Waals surface area contributed by atoms with Gasteiger partial charge in [-0.05, 0) is 44.9 Å². The van der Waals surface area contributed by atoms with E-state index in [4.69, 9.17) is 0 Å². The van der Waals surface area contributed by atoms with E-state index in [-0.39, 0.29) is 12.5 Å². The molecule has 0 saturated heterocycles. The summed E-state index contributed by atoms with van der Waals surface area (Å²) >= 11 is 0. The van der Waals surface area contributed by atoms with Gasteiger partial charge in [0.25, 0.3) is 0 Å². The molecule has 4 nitrogen and oxygen atoms in total. The van der Waals surface area contributed by atoms with Gasteiger partial charge in [0.1, 0.15) is 0 Å². The average Bonchev–Trinajstić information content (AvgIpc) is 3.06. The van der Waals surface area contributed by atoms with Gasteiger partial charge in [0.2, 0.25) is 5.91 Å². The molecule has 270 valence electrons. The summed E-state index contributed by atoms with van der Waals surface area (Å²) in [6.45, 7) is 4.26. The van der Waals surface area contributed by atoms with Gasteiger partial charge in [0.15, 0.2) is 0 Å². The third-order valence-corrected chi connectivity index (χ3v) is 9.12. The fraction of sp³-hybridized carbons (Fsp3) is 0.833. The largest absolute Gasteiger partial charge is 0.394 e. The van der Waals surface area contributed by atoms with E-state index in [9.17, 15) is 15.0 Å². The molecule has 0 rings (SSSR count). The highest BCUT2D eigenvalue weighted by molar-refractivity contribution is 5.76. The van der Waals surface area contributed by atoms with E-state index in [1.165, 1.54) is 141 Å². The summed E-state index contributed by atoms with van der Waals surface area (Å²) in [7, 11) is 0. The number of aliphatic hydroxyl groups excluding tert-OH is 2. The third kappa shape index (κ3) is 34.0. The Balaban J connectivity index is 3.60. The fourth-order valence-electron chi connectivity index (χ4n) is 5.96. The van der Waals surface area contributed by atoms with Gasteiger partial charge in [-0.2, -0.15) is 0 Å². The molecule has 3 N–H and O–H groups in total. The van der Waals surface area contributed by atoms with Gasteiger partial charge in [0.05, 0.1) is 18.8 Å². The molecule has 0 fully saturated rings. The SMILES string of the molecule is CCCC/C=C\C/C=C\CCCCCCCC(=O)NC(CO)C(O)/C=C/CCCCCCCCCCCCCCCCCCCC. The highest BCUT2D eigenvalue weighted by Crippen LogP contribution is 2.15. The number of rotatable bonds is 36. The van der Waals surface area contributed by atoms with Crippen molar-refractivity contribution in [1.82, 2.24) is 5.32 Å². The normalized spacial score (nSPS) is 13.4. The van der Waals surface area contributed by atoms with Crippen LogP contribution in [0.2, 0.25) is 0 Å². The molecular weight excluding hydrogens is 566 g/mol. The number of amides is 1. The summed E-state index contributed by atoms with van der Waals surface area (Å²) in [5.41, 5.74) is 0. The standard InChI is InChI=1S/C42H79NO3/c1-3-5-7-9-11-13-15-17-19-20-21-22-23-24-25-27-29-31-33-35-37-41(45)40(39-44)43-42(46)38-36-34-32-30-28-26-18-16-14-12-10-8-6-4-2/h10,12,16,18,35,37,40-41,44-45H,3-9,11,13-15,17,19-34,36,38-39H2,1-2H3,(H,43,46)/b12-10-,18-16-,37-35+. The van der Waals surface area contributed by atoms with Crippen molar-refractivity contribution in [2.75, 3.05) is 6.61 Å². The Morgan fingerprint density at radius 2 is 0.913 bits per heavy atom. The number of nitrogens with one attached hydrogen (secondary N) is 1. The first-order chi connectivity index (χ1) is 22.7. The molecule has 0 aromatic heterocycles. The van der Waals surface area contributed by atoms with Crippen LogP contribution in [0.15, 0.2) is 36.5 Å². The van der Waals surface area contributed by atoms with Crippen molar-refractivity contribution in [3.8, 4) is 0 Å². The summed E-state index contributed by atoms with van der Waals surface area (Å²) in [5.74, 6) is -0.0788. The lowest BCUT2D eigenvalue weighted by Crippen LogP contribution is -2.45. The molecule has 0 aliphatic carbocycles. The number of carbonyl (C=O) groups excluding carboxylic acids is 1. The topological polar surface area (TPSA) is 69.6 Å². The Morgan fingerprint density at radius 1 is 0.522 bits per heavy atom. The van der Waals surface area contributed by atoms with E-state index in [0.717, 1.165) is 44.9 Å². The summed E-state index contributed by atoms with van der Waals surface area (Å²) < 4.78 is 0.